The molecule has 0 heterocycles. The quantitative estimate of drug-likeness (QED) is 0.568. The zero-order valence-electron chi connectivity index (χ0n) is 7.66. The summed E-state index contributed by atoms with van der Waals surface area (Å²) in [7, 11) is 0. The summed E-state index contributed by atoms with van der Waals surface area (Å²) in [5.74, 6) is 0. The molecule has 0 bridgehead atoms. The van der Waals surface area contributed by atoms with Crippen LogP contribution < -0.4 is 0 Å². The number of unbranched alkanes of at least 4 members (excludes halogenated alkanes) is 6. The first kappa shape index (κ1) is 11.8. The van der Waals surface area contributed by atoms with Gasteiger partial charge in [0.05, 0.1) is 0 Å². The first-order chi connectivity index (χ1) is 4.91. The molecule has 56 valence electrons. The summed E-state index contributed by atoms with van der Waals surface area (Å²) in [6.07, 6.45) is 10.3. The molecule has 0 saturated carbocycles. The molecule has 0 aromatic heterocycles. The van der Waals surface area contributed by atoms with Crippen molar-refractivity contribution in [2.24, 2.45) is 0 Å². The summed E-state index contributed by atoms with van der Waals surface area (Å²) in [6.45, 7) is 2.28. The Morgan fingerprint density at radius 1 is 0.800 bits per heavy atom. The van der Waals surface area contributed by atoms with Gasteiger partial charge < -0.3 is 0 Å². The van der Waals surface area contributed by atoms with Gasteiger partial charge in [-0.2, -0.15) is 0 Å². The van der Waals surface area contributed by atoms with Crippen LogP contribution in [0.4, 0.5) is 0 Å². The van der Waals surface area contributed by atoms with Gasteiger partial charge in [0.15, 0.2) is 0 Å². The predicted molar refractivity (Wildman–Crippen MR) is 48.6 cm³/mol. The van der Waals surface area contributed by atoms with Crippen LogP contribution in [0, 0.1) is 0 Å². The molecular weight excluding hydrogens is 194 g/mol. The maximum absolute atomic E-state index is 2.28. The summed E-state index contributed by atoms with van der Waals surface area (Å²) < 4.78 is 1.58. The van der Waals surface area contributed by atoms with Crippen LogP contribution in [0.2, 0.25) is -0.511 Å². The standard InChI is InChI=1S/C9H19.Rb/c1-3-5-7-9-8-6-4-2;/h1,3-9H2,2H3;. The summed E-state index contributed by atoms with van der Waals surface area (Å²) >= 11 is 0.968. The second-order valence-corrected chi connectivity index (χ2v) is 5.58. The summed E-state index contributed by atoms with van der Waals surface area (Å²) in [5, 5.41) is 0. The molecule has 0 radical (unpaired) electrons. The van der Waals surface area contributed by atoms with Gasteiger partial charge >= 0.3 is 107 Å². The van der Waals surface area contributed by atoms with E-state index in [1.54, 1.807) is -0.511 Å². The third kappa shape index (κ3) is 9.81. The van der Waals surface area contributed by atoms with Crippen LogP contribution in [0.25, 0.3) is 0 Å². The monoisotopic (exact) mass is 212 g/mol. The first-order valence-corrected chi connectivity index (χ1v) is 8.39. The van der Waals surface area contributed by atoms with Gasteiger partial charge in [-0.05, 0) is 0 Å². The Balaban J connectivity index is 2.65. The Morgan fingerprint density at radius 2 is 1.30 bits per heavy atom. The topological polar surface area (TPSA) is 0 Å². The van der Waals surface area contributed by atoms with Gasteiger partial charge in [0.1, 0.15) is 0 Å². The first-order valence-electron chi connectivity index (χ1n) is 4.91. The van der Waals surface area contributed by atoms with Crippen LogP contribution in [0.5, 0.6) is 0 Å². The fourth-order valence-electron chi connectivity index (χ4n) is 1.21. The molecular formula is C9H19Rb. The van der Waals surface area contributed by atoms with Crippen molar-refractivity contribution in [3.8, 4) is 0 Å². The molecule has 0 atom stereocenters. The Morgan fingerprint density at radius 3 is 1.80 bits per heavy atom. The van der Waals surface area contributed by atoms with Crippen molar-refractivity contribution in [1.82, 2.24) is 0 Å². The van der Waals surface area contributed by atoms with E-state index >= 15 is 0 Å². The Labute approximate surface area is 105 Å². The third-order valence-corrected chi connectivity index (χ3v) is 3.70. The molecule has 0 amide bonds. The maximum atomic E-state index is 2.28. The van der Waals surface area contributed by atoms with E-state index in [0.29, 0.717) is 0 Å². The molecule has 0 fully saturated rings. The van der Waals surface area contributed by atoms with Gasteiger partial charge in [-0.3, -0.25) is 0 Å². The number of rotatable bonds is 7. The van der Waals surface area contributed by atoms with E-state index < -0.39 is 0 Å². The van der Waals surface area contributed by atoms with Gasteiger partial charge in [0.2, 0.25) is 0 Å². The summed E-state index contributed by atoms with van der Waals surface area (Å²) in [5.41, 5.74) is 0. The van der Waals surface area contributed by atoms with Crippen LogP contribution in [0.15, 0.2) is 0 Å². The molecule has 0 saturated heterocycles. The van der Waals surface area contributed by atoms with Gasteiger partial charge in [0.25, 0.3) is 0 Å². The zero-order valence-corrected chi connectivity index (χ0v) is 12.6. The van der Waals surface area contributed by atoms with E-state index in [0.717, 1.165) is 55.5 Å². The van der Waals surface area contributed by atoms with Crippen LogP contribution in [0.3, 0.4) is 0 Å². The summed E-state index contributed by atoms with van der Waals surface area (Å²) in [6, 6.07) is 0. The molecule has 0 aromatic carbocycles. The Kier molecular flexibility index (Phi) is 12.8. The van der Waals surface area contributed by atoms with Gasteiger partial charge in [-0.1, -0.05) is 0 Å². The van der Waals surface area contributed by atoms with E-state index in [1.807, 2.05) is 0 Å². The van der Waals surface area contributed by atoms with Crippen LogP contribution in [-0.2, 0) is 0 Å². The van der Waals surface area contributed by atoms with E-state index in [2.05, 4.69) is 6.92 Å². The minimum absolute atomic E-state index is 0.968. The zero-order chi connectivity index (χ0) is 7.66. The van der Waals surface area contributed by atoms with Crippen molar-refractivity contribution >= 4 is 55.5 Å². The molecule has 0 spiro atoms. The van der Waals surface area contributed by atoms with Crippen molar-refractivity contribution in [2.45, 2.75) is 51.4 Å². The molecule has 0 nitrogen and oxygen atoms in total. The predicted octanol–water partition coefficient (Wildman–Crippen LogP) is 3.32. The second kappa shape index (κ2) is 10.8. The molecule has 10 heavy (non-hydrogen) atoms. The van der Waals surface area contributed by atoms with Crippen molar-refractivity contribution in [2.75, 3.05) is 0 Å². The fraction of sp³-hybridized carbons (Fsp3) is 1.00. The van der Waals surface area contributed by atoms with E-state index in [9.17, 15) is 0 Å². The molecule has 0 unspecified atom stereocenters. The fourth-order valence-corrected chi connectivity index (χ4v) is 2.44. The average molecular weight is 213 g/mol. The summed E-state index contributed by atoms with van der Waals surface area (Å²) in [4.78, 5) is 0. The molecule has 0 aliphatic carbocycles. The Hall–Kier alpha value is 1.81. The average Bonchev–Trinajstić information content (AvgIpc) is 1.97. The van der Waals surface area contributed by atoms with Gasteiger partial charge in [-0.15, -0.1) is 0 Å². The minimum atomic E-state index is 0.968. The van der Waals surface area contributed by atoms with Crippen LogP contribution >= 0.6 is 0 Å². The Bertz CT molecular complexity index is 44.7. The van der Waals surface area contributed by atoms with Crippen molar-refractivity contribution < 1.29 is 0 Å². The van der Waals surface area contributed by atoms with Gasteiger partial charge in [-0.25, -0.2) is 0 Å². The van der Waals surface area contributed by atoms with Crippen molar-refractivity contribution in [3.63, 3.8) is 0 Å². The van der Waals surface area contributed by atoms with E-state index in [1.165, 1.54) is 44.9 Å². The molecule has 0 N–H and O–H groups in total. The second-order valence-electron chi connectivity index (χ2n) is 3.12. The molecule has 1 heteroatoms. The SMILES string of the molecule is CCCCCCCC[CH2][Rb]. The molecule has 0 aliphatic heterocycles. The normalized spacial score (nSPS) is 10.3. The van der Waals surface area contributed by atoms with Crippen molar-refractivity contribution in [3.05, 3.63) is 0 Å². The number of hydrogen-bond donors (Lipinski definition) is 0. The third-order valence-electron chi connectivity index (χ3n) is 1.96. The molecule has 0 aromatic rings. The van der Waals surface area contributed by atoms with Gasteiger partial charge in [0, 0.05) is 0 Å². The molecule has 0 aliphatic rings. The molecule has 0 rings (SSSR count). The van der Waals surface area contributed by atoms with E-state index in [-0.39, 0.29) is 0 Å². The van der Waals surface area contributed by atoms with Crippen molar-refractivity contribution in [1.29, 1.82) is 0 Å². The van der Waals surface area contributed by atoms with Crippen LogP contribution in [-0.4, -0.2) is 55.5 Å². The van der Waals surface area contributed by atoms with Crippen LogP contribution in [0.1, 0.15) is 51.9 Å². The van der Waals surface area contributed by atoms with E-state index in [4.69, 9.17) is 0 Å². The number of hydrogen-bond acceptors (Lipinski definition) is 0.